The highest BCUT2D eigenvalue weighted by atomic mass is 16.5. The molecule has 1 aromatic rings. The Morgan fingerprint density at radius 3 is 2.50 bits per heavy atom. The number of esters is 1. The van der Waals surface area contributed by atoms with Gasteiger partial charge in [-0.3, -0.25) is 9.59 Å². The summed E-state index contributed by atoms with van der Waals surface area (Å²) >= 11 is 0. The van der Waals surface area contributed by atoms with Crippen molar-refractivity contribution >= 4 is 11.8 Å². The van der Waals surface area contributed by atoms with Gasteiger partial charge in [0, 0.05) is 12.0 Å². The van der Waals surface area contributed by atoms with Crippen LogP contribution in [0.5, 0.6) is 0 Å². The molecule has 3 nitrogen and oxygen atoms in total. The fourth-order valence-electron chi connectivity index (χ4n) is 1.72. The van der Waals surface area contributed by atoms with Crippen LogP contribution in [-0.2, 0) is 16.0 Å². The van der Waals surface area contributed by atoms with Crippen LogP contribution in [0.15, 0.2) is 36.4 Å². The molecule has 0 heterocycles. The zero-order valence-electron chi connectivity index (χ0n) is 10.9. The molecular formula is C15H18O3. The summed E-state index contributed by atoms with van der Waals surface area (Å²) in [6.07, 6.45) is 0.983. The first-order valence-electron chi connectivity index (χ1n) is 5.87. The molecule has 0 bridgehead atoms. The average molecular weight is 246 g/mol. The molecule has 1 aromatic carbocycles. The molecular weight excluding hydrogens is 228 g/mol. The van der Waals surface area contributed by atoms with Gasteiger partial charge in [0.05, 0.1) is 13.5 Å². The summed E-state index contributed by atoms with van der Waals surface area (Å²) in [6.45, 7) is 5.78. The van der Waals surface area contributed by atoms with Gasteiger partial charge in [0.25, 0.3) is 0 Å². The first-order valence-corrected chi connectivity index (χ1v) is 5.87. The number of rotatable bonds is 6. The number of hydrogen-bond donors (Lipinski definition) is 0. The Hall–Kier alpha value is -1.90. The SMILES string of the molecule is C=C(C)Cc1ccccc1C(=O)CCC(=O)OC. The van der Waals surface area contributed by atoms with Gasteiger partial charge in [-0.05, 0) is 18.9 Å². The van der Waals surface area contributed by atoms with Crippen molar-refractivity contribution in [3.63, 3.8) is 0 Å². The van der Waals surface area contributed by atoms with Gasteiger partial charge in [-0.2, -0.15) is 0 Å². The predicted octanol–water partition coefficient (Wildman–Crippen LogP) is 2.94. The molecule has 0 spiro atoms. The molecule has 1 rings (SSSR count). The van der Waals surface area contributed by atoms with Gasteiger partial charge in [-0.15, -0.1) is 0 Å². The highest BCUT2D eigenvalue weighted by Crippen LogP contribution is 2.15. The van der Waals surface area contributed by atoms with Crippen molar-refractivity contribution in [2.24, 2.45) is 0 Å². The predicted molar refractivity (Wildman–Crippen MR) is 70.5 cm³/mol. The van der Waals surface area contributed by atoms with E-state index in [0.29, 0.717) is 12.0 Å². The number of carbonyl (C=O) groups is 2. The Morgan fingerprint density at radius 1 is 1.22 bits per heavy atom. The zero-order chi connectivity index (χ0) is 13.5. The maximum Gasteiger partial charge on any atom is 0.305 e. The van der Waals surface area contributed by atoms with E-state index in [4.69, 9.17) is 0 Å². The van der Waals surface area contributed by atoms with E-state index in [1.165, 1.54) is 7.11 Å². The Balaban J connectivity index is 2.78. The molecule has 96 valence electrons. The number of allylic oxidation sites excluding steroid dienone is 1. The van der Waals surface area contributed by atoms with E-state index in [-0.39, 0.29) is 24.6 Å². The van der Waals surface area contributed by atoms with E-state index in [2.05, 4.69) is 11.3 Å². The van der Waals surface area contributed by atoms with Crippen LogP contribution in [0.25, 0.3) is 0 Å². The average Bonchev–Trinajstić information content (AvgIpc) is 2.35. The maximum atomic E-state index is 12.0. The summed E-state index contributed by atoms with van der Waals surface area (Å²) in [5, 5.41) is 0. The first-order chi connectivity index (χ1) is 8.54. The molecule has 0 saturated heterocycles. The van der Waals surface area contributed by atoms with Crippen molar-refractivity contribution in [3.05, 3.63) is 47.5 Å². The standard InChI is InChI=1S/C15H18O3/c1-11(2)10-12-6-4-5-7-13(12)14(16)8-9-15(17)18-3/h4-7H,1,8-10H2,2-3H3. The normalized spacial score (nSPS) is 9.89. The lowest BCUT2D eigenvalue weighted by molar-refractivity contribution is -0.140. The smallest absolute Gasteiger partial charge is 0.305 e. The summed E-state index contributed by atoms with van der Waals surface area (Å²) < 4.78 is 4.53. The number of carbonyl (C=O) groups excluding carboxylic acids is 2. The van der Waals surface area contributed by atoms with Gasteiger partial charge < -0.3 is 4.74 Å². The van der Waals surface area contributed by atoms with Crippen LogP contribution in [0, 0.1) is 0 Å². The van der Waals surface area contributed by atoms with Gasteiger partial charge in [0.15, 0.2) is 5.78 Å². The van der Waals surface area contributed by atoms with Gasteiger partial charge in [0.1, 0.15) is 0 Å². The first kappa shape index (κ1) is 14.2. The van der Waals surface area contributed by atoms with Gasteiger partial charge in [0.2, 0.25) is 0 Å². The van der Waals surface area contributed by atoms with Crippen LogP contribution in [0.1, 0.15) is 35.7 Å². The molecule has 0 aromatic heterocycles. The summed E-state index contributed by atoms with van der Waals surface area (Å²) in [5.74, 6) is -0.391. The lowest BCUT2D eigenvalue weighted by Crippen LogP contribution is -2.08. The molecule has 0 saturated carbocycles. The Morgan fingerprint density at radius 2 is 1.89 bits per heavy atom. The van der Waals surface area contributed by atoms with E-state index < -0.39 is 0 Å². The minimum absolute atomic E-state index is 0.0303. The van der Waals surface area contributed by atoms with Crippen molar-refractivity contribution < 1.29 is 14.3 Å². The largest absolute Gasteiger partial charge is 0.469 e. The zero-order valence-corrected chi connectivity index (χ0v) is 10.9. The monoisotopic (exact) mass is 246 g/mol. The van der Waals surface area contributed by atoms with Crippen LogP contribution in [0.4, 0.5) is 0 Å². The van der Waals surface area contributed by atoms with E-state index in [1.54, 1.807) is 6.07 Å². The van der Waals surface area contributed by atoms with Crippen molar-refractivity contribution in [3.8, 4) is 0 Å². The Bertz CT molecular complexity index is 461. The summed E-state index contributed by atoms with van der Waals surface area (Å²) in [4.78, 5) is 23.1. The molecule has 18 heavy (non-hydrogen) atoms. The number of ketones is 1. The van der Waals surface area contributed by atoms with E-state index in [9.17, 15) is 9.59 Å². The minimum atomic E-state index is -0.360. The summed E-state index contributed by atoms with van der Waals surface area (Å²) in [5.41, 5.74) is 2.63. The molecule has 0 aliphatic heterocycles. The molecule has 0 radical (unpaired) electrons. The second-order valence-electron chi connectivity index (χ2n) is 4.29. The lowest BCUT2D eigenvalue weighted by Gasteiger charge is -2.08. The molecule has 3 heteroatoms. The summed E-state index contributed by atoms with van der Waals surface area (Å²) in [6, 6.07) is 7.43. The van der Waals surface area contributed by atoms with Gasteiger partial charge in [-0.25, -0.2) is 0 Å². The third kappa shape index (κ3) is 4.17. The number of hydrogen-bond acceptors (Lipinski definition) is 3. The number of Topliss-reactive ketones (excluding diaryl/α,β-unsaturated/α-hetero) is 1. The molecule has 0 aliphatic carbocycles. The number of ether oxygens (including phenoxy) is 1. The maximum absolute atomic E-state index is 12.0. The van der Waals surface area contributed by atoms with Crippen molar-refractivity contribution in [2.75, 3.05) is 7.11 Å². The lowest BCUT2D eigenvalue weighted by atomic mass is 9.96. The van der Waals surface area contributed by atoms with Gasteiger partial charge >= 0.3 is 5.97 Å². The third-order valence-corrected chi connectivity index (χ3v) is 2.59. The topological polar surface area (TPSA) is 43.4 Å². The Kier molecular flexibility index (Phi) is 5.31. The molecule has 0 unspecified atom stereocenters. The highest BCUT2D eigenvalue weighted by molar-refractivity contribution is 5.98. The van der Waals surface area contributed by atoms with Crippen LogP contribution < -0.4 is 0 Å². The fourth-order valence-corrected chi connectivity index (χ4v) is 1.72. The molecule has 0 amide bonds. The van der Waals surface area contributed by atoms with Crippen molar-refractivity contribution in [1.82, 2.24) is 0 Å². The van der Waals surface area contributed by atoms with Crippen LogP contribution in [0.2, 0.25) is 0 Å². The quantitative estimate of drug-likeness (QED) is 0.440. The summed E-state index contributed by atoms with van der Waals surface area (Å²) in [7, 11) is 1.32. The fraction of sp³-hybridized carbons (Fsp3) is 0.333. The van der Waals surface area contributed by atoms with E-state index in [1.807, 2.05) is 25.1 Å². The van der Waals surface area contributed by atoms with E-state index >= 15 is 0 Å². The van der Waals surface area contributed by atoms with Crippen LogP contribution >= 0.6 is 0 Å². The van der Waals surface area contributed by atoms with Crippen molar-refractivity contribution in [1.29, 1.82) is 0 Å². The second kappa shape index (κ2) is 6.74. The third-order valence-electron chi connectivity index (χ3n) is 2.59. The minimum Gasteiger partial charge on any atom is -0.469 e. The molecule has 0 N–H and O–H groups in total. The molecule has 0 fully saturated rings. The van der Waals surface area contributed by atoms with Crippen LogP contribution in [0.3, 0.4) is 0 Å². The van der Waals surface area contributed by atoms with Gasteiger partial charge in [-0.1, -0.05) is 36.4 Å². The number of methoxy groups -OCH3 is 1. The molecule has 0 atom stereocenters. The van der Waals surface area contributed by atoms with Crippen LogP contribution in [-0.4, -0.2) is 18.9 Å². The van der Waals surface area contributed by atoms with E-state index in [0.717, 1.165) is 11.1 Å². The van der Waals surface area contributed by atoms with Crippen molar-refractivity contribution in [2.45, 2.75) is 26.2 Å². The highest BCUT2D eigenvalue weighted by Gasteiger charge is 2.12. The Labute approximate surface area is 107 Å². The molecule has 0 aliphatic rings. The number of benzene rings is 1. The second-order valence-corrected chi connectivity index (χ2v) is 4.29.